The van der Waals surface area contributed by atoms with Crippen LogP contribution in [-0.2, 0) is 8.85 Å². The molecule has 0 unspecified atom stereocenters. The van der Waals surface area contributed by atoms with Crippen molar-refractivity contribution in [1.82, 2.24) is 0 Å². The fraction of sp³-hybridized carbons (Fsp3) is 0.889. The molecule has 0 rings (SSSR count). The topological polar surface area (TPSA) is 30.8 Å². The predicted octanol–water partition coefficient (Wildman–Crippen LogP) is 2.62. The van der Waals surface area contributed by atoms with Gasteiger partial charge in [0, 0.05) is 20.8 Å². The molecule has 0 saturated heterocycles. The fourth-order valence-corrected chi connectivity index (χ4v) is 2.71. The minimum Gasteiger partial charge on any atom is -0.398 e. The smallest absolute Gasteiger partial charge is 0.334 e. The highest BCUT2D eigenvalue weighted by molar-refractivity contribution is 7.78. The van der Waals surface area contributed by atoms with Gasteiger partial charge in [0.05, 0.1) is 5.16 Å². The summed E-state index contributed by atoms with van der Waals surface area (Å²) in [7, 11) is 1.62. The average Bonchev–Trinajstić information content (AvgIpc) is 2.23. The molecule has 0 fully saturated rings. The monoisotopic (exact) mass is 233 g/mol. The third-order valence-electron chi connectivity index (χ3n) is 2.33. The Morgan fingerprint density at radius 2 is 1.86 bits per heavy atom. The van der Waals surface area contributed by atoms with Gasteiger partial charge in [-0.1, -0.05) is 12.8 Å². The second-order valence-electron chi connectivity index (χ2n) is 3.33. The number of isothiocyanates is 1. The lowest BCUT2D eigenvalue weighted by Gasteiger charge is -2.22. The van der Waals surface area contributed by atoms with Crippen molar-refractivity contribution in [2.45, 2.75) is 31.9 Å². The van der Waals surface area contributed by atoms with Gasteiger partial charge >= 0.3 is 8.56 Å². The molecule has 0 saturated carbocycles. The van der Waals surface area contributed by atoms with Crippen LogP contribution in [0, 0.1) is 0 Å². The van der Waals surface area contributed by atoms with Gasteiger partial charge < -0.3 is 8.85 Å². The maximum Gasteiger partial charge on any atom is 0.334 e. The van der Waals surface area contributed by atoms with Crippen LogP contribution in [0.5, 0.6) is 0 Å². The van der Waals surface area contributed by atoms with Crippen LogP contribution in [0.1, 0.15) is 19.3 Å². The average molecular weight is 233 g/mol. The van der Waals surface area contributed by atoms with Crippen LogP contribution in [0.25, 0.3) is 0 Å². The third-order valence-corrected chi connectivity index (χ3v) is 5.45. The maximum absolute atomic E-state index is 5.38. The summed E-state index contributed by atoms with van der Waals surface area (Å²) in [6, 6.07) is 1.04. The quantitative estimate of drug-likeness (QED) is 0.279. The molecule has 0 aliphatic carbocycles. The zero-order valence-electron chi connectivity index (χ0n) is 9.21. The van der Waals surface area contributed by atoms with E-state index in [0.29, 0.717) is 0 Å². The van der Waals surface area contributed by atoms with E-state index in [9.17, 15) is 0 Å². The van der Waals surface area contributed by atoms with E-state index < -0.39 is 8.56 Å². The van der Waals surface area contributed by atoms with E-state index in [1.54, 1.807) is 14.2 Å². The molecule has 82 valence electrons. The molecule has 0 aliphatic heterocycles. The molecule has 5 heteroatoms. The van der Waals surface area contributed by atoms with Gasteiger partial charge in [0.1, 0.15) is 0 Å². The summed E-state index contributed by atoms with van der Waals surface area (Å²) < 4.78 is 10.8. The van der Waals surface area contributed by atoms with Crippen LogP contribution in [0.4, 0.5) is 0 Å². The minimum atomic E-state index is -1.83. The molecular formula is C9H19NO2SSi. The van der Waals surface area contributed by atoms with Crippen molar-refractivity contribution in [3.63, 3.8) is 0 Å². The number of unbranched alkanes of at least 4 members (excludes halogenated alkanes) is 2. The van der Waals surface area contributed by atoms with Crippen molar-refractivity contribution in [2.75, 3.05) is 20.8 Å². The number of hydrogen-bond acceptors (Lipinski definition) is 4. The minimum absolute atomic E-state index is 0.793. The second kappa shape index (κ2) is 8.26. The molecule has 0 aliphatic rings. The number of hydrogen-bond donors (Lipinski definition) is 0. The summed E-state index contributed by atoms with van der Waals surface area (Å²) in [6.07, 6.45) is 3.36. The zero-order chi connectivity index (χ0) is 10.9. The number of rotatable bonds is 8. The molecule has 0 aromatic rings. The number of thiocarbonyl (C=S) groups is 1. The van der Waals surface area contributed by atoms with Crippen LogP contribution in [-0.4, -0.2) is 34.5 Å². The molecule has 3 nitrogen and oxygen atoms in total. The van der Waals surface area contributed by atoms with Gasteiger partial charge in [-0.2, -0.15) is 0 Å². The van der Waals surface area contributed by atoms with Gasteiger partial charge in [-0.3, -0.25) is 0 Å². The van der Waals surface area contributed by atoms with Crippen LogP contribution in [0.3, 0.4) is 0 Å². The van der Waals surface area contributed by atoms with Gasteiger partial charge in [0.2, 0.25) is 0 Å². The predicted molar refractivity (Wildman–Crippen MR) is 64.2 cm³/mol. The third kappa shape index (κ3) is 6.40. The first-order chi connectivity index (χ1) is 6.68. The Morgan fingerprint density at radius 1 is 1.21 bits per heavy atom. The largest absolute Gasteiger partial charge is 0.398 e. The summed E-state index contributed by atoms with van der Waals surface area (Å²) >= 11 is 4.48. The van der Waals surface area contributed by atoms with Crippen molar-refractivity contribution in [3.8, 4) is 0 Å². The molecule has 0 amide bonds. The number of aliphatic imine (C=N–C) groups is 1. The second-order valence-corrected chi connectivity index (χ2v) is 7.09. The van der Waals surface area contributed by atoms with Crippen molar-refractivity contribution < 1.29 is 8.85 Å². The molecule has 14 heavy (non-hydrogen) atoms. The number of nitrogens with zero attached hydrogens (tertiary/aromatic N) is 1. The Balaban J connectivity index is 3.47. The van der Waals surface area contributed by atoms with Gasteiger partial charge in [0.15, 0.2) is 0 Å². The van der Waals surface area contributed by atoms with Crippen LogP contribution in [0.15, 0.2) is 4.99 Å². The summed E-state index contributed by atoms with van der Waals surface area (Å²) in [5, 5.41) is 2.36. The Morgan fingerprint density at radius 3 is 2.36 bits per heavy atom. The summed E-state index contributed by atoms with van der Waals surface area (Å²) in [6.45, 7) is 2.88. The molecular weight excluding hydrogens is 214 g/mol. The highest BCUT2D eigenvalue weighted by atomic mass is 32.1. The van der Waals surface area contributed by atoms with E-state index in [4.69, 9.17) is 8.85 Å². The molecule has 0 bridgehead atoms. The first-order valence-electron chi connectivity index (χ1n) is 4.82. The first kappa shape index (κ1) is 13.9. The van der Waals surface area contributed by atoms with Crippen molar-refractivity contribution >= 4 is 25.9 Å². The molecule has 0 spiro atoms. The van der Waals surface area contributed by atoms with Crippen molar-refractivity contribution in [2.24, 2.45) is 4.99 Å². The lowest BCUT2D eigenvalue weighted by molar-refractivity contribution is 0.248. The van der Waals surface area contributed by atoms with Crippen molar-refractivity contribution in [3.05, 3.63) is 0 Å². The Labute approximate surface area is 92.8 Å². The van der Waals surface area contributed by atoms with E-state index >= 15 is 0 Å². The molecule has 0 aromatic carbocycles. The molecule has 0 radical (unpaired) electrons. The molecule has 0 N–H and O–H groups in total. The fourth-order valence-electron chi connectivity index (χ4n) is 1.15. The Bertz CT molecular complexity index is 191. The van der Waals surface area contributed by atoms with Crippen LogP contribution >= 0.6 is 12.2 Å². The molecule has 0 heterocycles. The van der Waals surface area contributed by atoms with Gasteiger partial charge in [-0.05, 0) is 31.2 Å². The molecule has 0 aromatic heterocycles. The highest BCUT2D eigenvalue weighted by Crippen LogP contribution is 2.15. The van der Waals surface area contributed by atoms with Crippen LogP contribution < -0.4 is 0 Å². The van der Waals surface area contributed by atoms with E-state index in [0.717, 1.165) is 31.9 Å². The van der Waals surface area contributed by atoms with E-state index in [1.165, 1.54) is 0 Å². The van der Waals surface area contributed by atoms with E-state index in [2.05, 4.69) is 28.9 Å². The SMILES string of the molecule is CO[Si](C)(CCCCCN=C=S)OC. The lowest BCUT2D eigenvalue weighted by atomic mass is 10.2. The highest BCUT2D eigenvalue weighted by Gasteiger charge is 2.27. The van der Waals surface area contributed by atoms with Crippen molar-refractivity contribution in [1.29, 1.82) is 0 Å². The standard InChI is InChI=1S/C9H19NO2SSi/c1-11-14(3,12-2)8-6-4-5-7-10-9-13/h4-8H2,1-3H3. The van der Waals surface area contributed by atoms with Gasteiger partial charge in [0.25, 0.3) is 0 Å². The Hall–Kier alpha value is -0.0631. The zero-order valence-corrected chi connectivity index (χ0v) is 11.0. The maximum atomic E-state index is 5.38. The summed E-state index contributed by atoms with van der Waals surface area (Å²) in [4.78, 5) is 3.86. The Kier molecular flexibility index (Phi) is 8.22. The summed E-state index contributed by atoms with van der Waals surface area (Å²) in [5.41, 5.74) is 0. The van der Waals surface area contributed by atoms with Gasteiger partial charge in [-0.15, -0.1) is 0 Å². The van der Waals surface area contributed by atoms with E-state index in [1.807, 2.05) is 0 Å². The lowest BCUT2D eigenvalue weighted by Crippen LogP contribution is -2.35. The normalized spacial score (nSPS) is 11.1. The molecule has 0 atom stereocenters. The first-order valence-corrected chi connectivity index (χ1v) is 7.75. The van der Waals surface area contributed by atoms with Crippen LogP contribution in [0.2, 0.25) is 12.6 Å². The van der Waals surface area contributed by atoms with Gasteiger partial charge in [-0.25, -0.2) is 4.99 Å². The van der Waals surface area contributed by atoms with E-state index in [-0.39, 0.29) is 0 Å². The summed E-state index contributed by atoms with van der Waals surface area (Å²) in [5.74, 6) is 0.